The van der Waals surface area contributed by atoms with Crippen LogP contribution in [0.2, 0.25) is 0 Å². The number of hydrogen-bond acceptors (Lipinski definition) is 4. The first-order chi connectivity index (χ1) is 9.13. The first kappa shape index (κ1) is 13.3. The van der Waals surface area contributed by atoms with E-state index in [0.717, 1.165) is 23.9 Å². The van der Waals surface area contributed by atoms with Crippen molar-refractivity contribution < 1.29 is 9.53 Å². The van der Waals surface area contributed by atoms with Crippen molar-refractivity contribution in [2.75, 3.05) is 6.61 Å². The Hall–Kier alpha value is -2.17. The van der Waals surface area contributed by atoms with Crippen molar-refractivity contribution in [2.24, 2.45) is 5.73 Å². The largest absolute Gasteiger partial charge is 0.478 e. The maximum Gasteiger partial charge on any atom is 0.250 e. The molecule has 0 unspecified atom stereocenters. The van der Waals surface area contributed by atoms with Crippen LogP contribution in [0.15, 0.2) is 18.3 Å². The summed E-state index contributed by atoms with van der Waals surface area (Å²) in [4.78, 5) is 19.9. The van der Waals surface area contributed by atoms with Gasteiger partial charge in [0.15, 0.2) is 0 Å². The summed E-state index contributed by atoms with van der Waals surface area (Å²) in [7, 11) is 0. The van der Waals surface area contributed by atoms with Gasteiger partial charge in [0.05, 0.1) is 23.2 Å². The number of nitrogens with two attached hydrogens (primary N) is 1. The van der Waals surface area contributed by atoms with Gasteiger partial charge in [-0.05, 0) is 25.0 Å². The van der Waals surface area contributed by atoms with Crippen molar-refractivity contribution in [3.8, 4) is 5.88 Å². The molecule has 0 radical (unpaired) electrons. The molecule has 1 amide bonds. The number of unbranched alkanes of at least 4 members (excludes halogenated alkanes) is 1. The predicted octanol–water partition coefficient (Wildman–Crippen LogP) is 2.22. The Labute approximate surface area is 111 Å². The van der Waals surface area contributed by atoms with Crippen molar-refractivity contribution in [1.82, 2.24) is 9.97 Å². The number of amides is 1. The van der Waals surface area contributed by atoms with Crippen LogP contribution in [-0.2, 0) is 0 Å². The van der Waals surface area contributed by atoms with Gasteiger partial charge in [-0.3, -0.25) is 9.78 Å². The SMILES string of the molecule is CCCCOc1ccc2ncc(C(N)=O)c(C)c2n1. The van der Waals surface area contributed by atoms with Crippen molar-refractivity contribution in [3.63, 3.8) is 0 Å². The summed E-state index contributed by atoms with van der Waals surface area (Å²) in [6.07, 6.45) is 3.54. The molecule has 0 bridgehead atoms. The molecule has 2 rings (SSSR count). The lowest BCUT2D eigenvalue weighted by atomic mass is 10.1. The summed E-state index contributed by atoms with van der Waals surface area (Å²) in [5, 5.41) is 0. The number of nitrogens with zero attached hydrogens (tertiary/aromatic N) is 2. The van der Waals surface area contributed by atoms with E-state index >= 15 is 0 Å². The lowest BCUT2D eigenvalue weighted by Gasteiger charge is -2.08. The summed E-state index contributed by atoms with van der Waals surface area (Å²) in [5.74, 6) is 0.0541. The minimum absolute atomic E-state index is 0.394. The molecule has 2 heterocycles. The molecule has 0 spiro atoms. The molecule has 0 saturated heterocycles. The molecule has 19 heavy (non-hydrogen) atoms. The Morgan fingerprint density at radius 2 is 2.21 bits per heavy atom. The van der Waals surface area contributed by atoms with Gasteiger partial charge in [-0.15, -0.1) is 0 Å². The molecule has 2 N–H and O–H groups in total. The average Bonchev–Trinajstić information content (AvgIpc) is 2.39. The highest BCUT2D eigenvalue weighted by molar-refractivity contribution is 5.98. The molecule has 0 saturated carbocycles. The monoisotopic (exact) mass is 259 g/mol. The quantitative estimate of drug-likeness (QED) is 0.835. The fourth-order valence-corrected chi connectivity index (χ4v) is 1.82. The van der Waals surface area contributed by atoms with Crippen LogP contribution < -0.4 is 10.5 Å². The van der Waals surface area contributed by atoms with Gasteiger partial charge in [-0.1, -0.05) is 13.3 Å². The summed E-state index contributed by atoms with van der Waals surface area (Å²) >= 11 is 0. The average molecular weight is 259 g/mol. The zero-order chi connectivity index (χ0) is 13.8. The first-order valence-corrected chi connectivity index (χ1v) is 6.32. The van der Waals surface area contributed by atoms with E-state index < -0.39 is 5.91 Å². The molecule has 2 aromatic heterocycles. The third kappa shape index (κ3) is 2.81. The van der Waals surface area contributed by atoms with Crippen molar-refractivity contribution in [1.29, 1.82) is 0 Å². The molecule has 2 aromatic rings. The second-order valence-corrected chi connectivity index (χ2v) is 4.38. The number of rotatable bonds is 5. The van der Waals surface area contributed by atoms with Gasteiger partial charge in [-0.25, -0.2) is 4.98 Å². The van der Waals surface area contributed by atoms with Gasteiger partial charge < -0.3 is 10.5 Å². The van der Waals surface area contributed by atoms with Crippen LogP contribution in [0.5, 0.6) is 5.88 Å². The van der Waals surface area contributed by atoms with E-state index in [1.165, 1.54) is 6.20 Å². The highest BCUT2D eigenvalue weighted by Gasteiger charge is 2.11. The molecule has 5 heteroatoms. The van der Waals surface area contributed by atoms with E-state index in [4.69, 9.17) is 10.5 Å². The van der Waals surface area contributed by atoms with Gasteiger partial charge in [0, 0.05) is 12.3 Å². The summed E-state index contributed by atoms with van der Waals surface area (Å²) in [6.45, 7) is 4.55. The van der Waals surface area contributed by atoms with Crippen LogP contribution in [-0.4, -0.2) is 22.5 Å². The molecule has 0 aromatic carbocycles. The summed E-state index contributed by atoms with van der Waals surface area (Å²) < 4.78 is 5.55. The number of aryl methyl sites for hydroxylation is 1. The number of fused-ring (bicyclic) bond motifs is 1. The van der Waals surface area contributed by atoms with Crippen LogP contribution >= 0.6 is 0 Å². The second-order valence-electron chi connectivity index (χ2n) is 4.38. The Kier molecular flexibility index (Phi) is 3.94. The number of carbonyl (C=O) groups is 1. The van der Waals surface area contributed by atoms with E-state index in [0.29, 0.717) is 23.6 Å². The molecular weight excluding hydrogens is 242 g/mol. The molecule has 0 aliphatic carbocycles. The second kappa shape index (κ2) is 5.65. The van der Waals surface area contributed by atoms with Gasteiger partial charge in [0.1, 0.15) is 0 Å². The zero-order valence-electron chi connectivity index (χ0n) is 11.1. The Morgan fingerprint density at radius 3 is 2.89 bits per heavy atom. The summed E-state index contributed by atoms with van der Waals surface area (Å²) in [6, 6.07) is 3.62. The summed E-state index contributed by atoms with van der Waals surface area (Å²) in [5.41, 5.74) is 7.82. The normalized spacial score (nSPS) is 10.6. The molecule has 0 aliphatic rings. The van der Waals surface area contributed by atoms with E-state index in [1.54, 1.807) is 6.07 Å². The van der Waals surface area contributed by atoms with E-state index in [-0.39, 0.29) is 0 Å². The Bertz CT molecular complexity index is 611. The fraction of sp³-hybridized carbons (Fsp3) is 0.357. The topological polar surface area (TPSA) is 78.1 Å². The predicted molar refractivity (Wildman–Crippen MR) is 73.2 cm³/mol. The van der Waals surface area contributed by atoms with Gasteiger partial charge >= 0.3 is 0 Å². The van der Waals surface area contributed by atoms with Gasteiger partial charge in [0.2, 0.25) is 5.88 Å². The van der Waals surface area contributed by atoms with Crippen LogP contribution in [0.1, 0.15) is 35.7 Å². The highest BCUT2D eigenvalue weighted by Crippen LogP contribution is 2.20. The molecule has 0 atom stereocenters. The smallest absolute Gasteiger partial charge is 0.250 e. The van der Waals surface area contributed by atoms with Crippen LogP contribution in [0.3, 0.4) is 0 Å². The van der Waals surface area contributed by atoms with Crippen molar-refractivity contribution >= 4 is 16.9 Å². The Morgan fingerprint density at radius 1 is 1.42 bits per heavy atom. The highest BCUT2D eigenvalue weighted by atomic mass is 16.5. The minimum atomic E-state index is -0.494. The minimum Gasteiger partial charge on any atom is -0.478 e. The van der Waals surface area contributed by atoms with Crippen molar-refractivity contribution in [3.05, 3.63) is 29.5 Å². The number of aromatic nitrogens is 2. The molecule has 100 valence electrons. The van der Waals surface area contributed by atoms with E-state index in [1.807, 2.05) is 13.0 Å². The number of pyridine rings is 2. The van der Waals surface area contributed by atoms with E-state index in [2.05, 4.69) is 16.9 Å². The zero-order valence-corrected chi connectivity index (χ0v) is 11.1. The van der Waals surface area contributed by atoms with Crippen LogP contribution in [0.25, 0.3) is 11.0 Å². The van der Waals surface area contributed by atoms with Gasteiger partial charge in [0.25, 0.3) is 5.91 Å². The maximum absolute atomic E-state index is 11.3. The number of ether oxygens (including phenoxy) is 1. The van der Waals surface area contributed by atoms with Gasteiger partial charge in [-0.2, -0.15) is 0 Å². The lowest BCUT2D eigenvalue weighted by Crippen LogP contribution is -2.13. The molecule has 0 fully saturated rings. The maximum atomic E-state index is 11.3. The first-order valence-electron chi connectivity index (χ1n) is 6.32. The van der Waals surface area contributed by atoms with E-state index in [9.17, 15) is 4.79 Å². The molecule has 5 nitrogen and oxygen atoms in total. The number of carbonyl (C=O) groups excluding carboxylic acids is 1. The molecular formula is C14H17N3O2. The van der Waals surface area contributed by atoms with Crippen LogP contribution in [0.4, 0.5) is 0 Å². The number of hydrogen-bond donors (Lipinski definition) is 1. The van der Waals surface area contributed by atoms with Crippen molar-refractivity contribution in [2.45, 2.75) is 26.7 Å². The number of primary amides is 1. The third-order valence-corrected chi connectivity index (χ3v) is 2.95. The van der Waals surface area contributed by atoms with Crippen LogP contribution in [0, 0.1) is 6.92 Å². The Balaban J connectivity index is 2.39. The third-order valence-electron chi connectivity index (χ3n) is 2.95. The molecule has 0 aliphatic heterocycles. The fourth-order valence-electron chi connectivity index (χ4n) is 1.82. The standard InChI is InChI=1S/C14H17N3O2/c1-3-4-7-19-12-6-5-11-13(17-12)9(2)10(8-16-11)14(15)18/h5-6,8H,3-4,7H2,1-2H3,(H2,15,18). The lowest BCUT2D eigenvalue weighted by molar-refractivity contribution is 0.0999.